The van der Waals surface area contributed by atoms with E-state index >= 15 is 0 Å². The van der Waals surface area contributed by atoms with Gasteiger partial charge in [0.2, 0.25) is 0 Å². The van der Waals surface area contributed by atoms with Gasteiger partial charge in [0, 0.05) is 13.5 Å². The van der Waals surface area contributed by atoms with Crippen LogP contribution in [-0.4, -0.2) is 17.8 Å². The SMILES string of the molecule is COC(C)(C)CC(O)c1ccc(-c2ccccc2)cc1. The Morgan fingerprint density at radius 1 is 0.950 bits per heavy atom. The molecule has 20 heavy (non-hydrogen) atoms. The van der Waals surface area contributed by atoms with Gasteiger partial charge in [-0.2, -0.15) is 0 Å². The Labute approximate surface area is 121 Å². The number of hydrogen-bond acceptors (Lipinski definition) is 2. The predicted octanol–water partition coefficient (Wildman–Crippen LogP) is 4.20. The molecular formula is C18H22O2. The van der Waals surface area contributed by atoms with E-state index in [0.717, 1.165) is 11.1 Å². The quantitative estimate of drug-likeness (QED) is 0.882. The molecule has 0 amide bonds. The molecule has 0 spiro atoms. The molecule has 2 aromatic carbocycles. The van der Waals surface area contributed by atoms with Crippen molar-refractivity contribution in [3.8, 4) is 11.1 Å². The van der Waals surface area contributed by atoms with Crippen molar-refractivity contribution in [2.75, 3.05) is 7.11 Å². The molecule has 0 heterocycles. The summed E-state index contributed by atoms with van der Waals surface area (Å²) in [4.78, 5) is 0. The zero-order valence-electron chi connectivity index (χ0n) is 12.3. The third kappa shape index (κ3) is 3.69. The van der Waals surface area contributed by atoms with Crippen LogP contribution in [0.15, 0.2) is 54.6 Å². The monoisotopic (exact) mass is 270 g/mol. The maximum Gasteiger partial charge on any atom is 0.0817 e. The third-order valence-corrected chi connectivity index (χ3v) is 3.64. The number of hydrogen-bond donors (Lipinski definition) is 1. The maximum absolute atomic E-state index is 10.3. The molecule has 1 N–H and O–H groups in total. The first-order valence-electron chi connectivity index (χ1n) is 6.90. The number of ether oxygens (including phenoxy) is 1. The van der Waals surface area contributed by atoms with E-state index in [9.17, 15) is 5.11 Å². The van der Waals surface area contributed by atoms with E-state index in [1.807, 2.05) is 56.3 Å². The van der Waals surface area contributed by atoms with Crippen LogP contribution in [0.3, 0.4) is 0 Å². The molecule has 2 rings (SSSR count). The fraction of sp³-hybridized carbons (Fsp3) is 0.333. The summed E-state index contributed by atoms with van der Waals surface area (Å²) in [5.41, 5.74) is 2.95. The van der Waals surface area contributed by atoms with E-state index < -0.39 is 6.10 Å². The Morgan fingerprint density at radius 3 is 2.05 bits per heavy atom. The van der Waals surface area contributed by atoms with Crippen LogP contribution < -0.4 is 0 Å². The molecule has 0 saturated carbocycles. The highest BCUT2D eigenvalue weighted by molar-refractivity contribution is 5.63. The Balaban J connectivity index is 2.12. The van der Waals surface area contributed by atoms with Crippen molar-refractivity contribution < 1.29 is 9.84 Å². The van der Waals surface area contributed by atoms with Crippen molar-refractivity contribution in [1.82, 2.24) is 0 Å². The molecule has 2 nitrogen and oxygen atoms in total. The van der Waals surface area contributed by atoms with E-state index in [0.29, 0.717) is 6.42 Å². The largest absolute Gasteiger partial charge is 0.388 e. The maximum atomic E-state index is 10.3. The summed E-state index contributed by atoms with van der Waals surface area (Å²) in [6.07, 6.45) is 0.0727. The zero-order valence-corrected chi connectivity index (χ0v) is 12.3. The van der Waals surface area contributed by atoms with Gasteiger partial charge in [-0.05, 0) is 30.5 Å². The van der Waals surface area contributed by atoms with Crippen molar-refractivity contribution in [3.05, 3.63) is 60.2 Å². The highest BCUT2D eigenvalue weighted by Gasteiger charge is 2.22. The van der Waals surface area contributed by atoms with E-state index in [1.165, 1.54) is 5.56 Å². The van der Waals surface area contributed by atoms with Gasteiger partial charge < -0.3 is 9.84 Å². The van der Waals surface area contributed by atoms with Gasteiger partial charge in [0.15, 0.2) is 0 Å². The summed E-state index contributed by atoms with van der Waals surface area (Å²) in [6, 6.07) is 18.3. The molecule has 0 radical (unpaired) electrons. The van der Waals surface area contributed by atoms with Crippen LogP contribution in [0.2, 0.25) is 0 Å². The van der Waals surface area contributed by atoms with Gasteiger partial charge in [-0.3, -0.25) is 0 Å². The van der Waals surface area contributed by atoms with Crippen molar-refractivity contribution >= 4 is 0 Å². The second-order valence-electron chi connectivity index (χ2n) is 5.67. The standard InChI is InChI=1S/C18H22O2/c1-18(2,20-3)13-17(19)16-11-9-15(10-12-16)14-7-5-4-6-8-14/h4-12,17,19H,13H2,1-3H3. The first-order chi connectivity index (χ1) is 9.52. The van der Waals surface area contributed by atoms with E-state index in [1.54, 1.807) is 7.11 Å². The van der Waals surface area contributed by atoms with Crippen LogP contribution >= 0.6 is 0 Å². The van der Waals surface area contributed by atoms with Crippen LogP contribution in [0.4, 0.5) is 0 Å². The number of methoxy groups -OCH3 is 1. The fourth-order valence-electron chi connectivity index (χ4n) is 2.20. The van der Waals surface area contributed by atoms with Crippen LogP contribution in [0.5, 0.6) is 0 Å². The van der Waals surface area contributed by atoms with Gasteiger partial charge >= 0.3 is 0 Å². The number of aliphatic hydroxyl groups excluding tert-OH is 1. The Kier molecular flexibility index (Phi) is 4.58. The van der Waals surface area contributed by atoms with Crippen LogP contribution in [0.1, 0.15) is 31.9 Å². The number of rotatable bonds is 5. The van der Waals surface area contributed by atoms with Gasteiger partial charge in [0.05, 0.1) is 11.7 Å². The summed E-state index contributed by atoms with van der Waals surface area (Å²) < 4.78 is 5.36. The molecule has 106 valence electrons. The van der Waals surface area contributed by atoms with E-state index in [4.69, 9.17) is 4.74 Å². The minimum absolute atomic E-state index is 0.322. The van der Waals surface area contributed by atoms with Crippen LogP contribution in [-0.2, 0) is 4.74 Å². The van der Waals surface area contributed by atoms with Gasteiger partial charge in [-0.25, -0.2) is 0 Å². The third-order valence-electron chi connectivity index (χ3n) is 3.64. The van der Waals surface area contributed by atoms with Crippen LogP contribution in [0.25, 0.3) is 11.1 Å². The topological polar surface area (TPSA) is 29.5 Å². The molecule has 0 aromatic heterocycles. The molecule has 2 heteroatoms. The van der Waals surface area contributed by atoms with Gasteiger partial charge in [0.1, 0.15) is 0 Å². The fourth-order valence-corrected chi connectivity index (χ4v) is 2.20. The zero-order chi connectivity index (χ0) is 14.6. The molecule has 0 aliphatic carbocycles. The van der Waals surface area contributed by atoms with Crippen molar-refractivity contribution in [2.45, 2.75) is 32.0 Å². The van der Waals surface area contributed by atoms with E-state index in [-0.39, 0.29) is 5.60 Å². The Hall–Kier alpha value is -1.64. The van der Waals surface area contributed by atoms with Crippen molar-refractivity contribution in [1.29, 1.82) is 0 Å². The summed E-state index contributed by atoms with van der Waals surface area (Å²) in [6.45, 7) is 3.96. The van der Waals surface area contributed by atoms with Gasteiger partial charge in [-0.1, -0.05) is 54.6 Å². The predicted molar refractivity (Wildman–Crippen MR) is 82.5 cm³/mol. The molecule has 0 bridgehead atoms. The second kappa shape index (κ2) is 6.21. The lowest BCUT2D eigenvalue weighted by atomic mass is 9.94. The summed E-state index contributed by atoms with van der Waals surface area (Å²) in [5, 5.41) is 10.3. The molecule has 0 fully saturated rings. The lowest BCUT2D eigenvalue weighted by Gasteiger charge is -2.26. The number of benzene rings is 2. The van der Waals surface area contributed by atoms with Crippen molar-refractivity contribution in [2.24, 2.45) is 0 Å². The summed E-state index contributed by atoms with van der Waals surface area (Å²) in [7, 11) is 1.67. The molecular weight excluding hydrogens is 248 g/mol. The minimum Gasteiger partial charge on any atom is -0.388 e. The first-order valence-corrected chi connectivity index (χ1v) is 6.90. The molecule has 2 aromatic rings. The highest BCUT2D eigenvalue weighted by atomic mass is 16.5. The average molecular weight is 270 g/mol. The minimum atomic E-state index is -0.505. The number of aliphatic hydroxyl groups is 1. The van der Waals surface area contributed by atoms with E-state index in [2.05, 4.69) is 12.1 Å². The smallest absolute Gasteiger partial charge is 0.0817 e. The lowest BCUT2D eigenvalue weighted by molar-refractivity contribution is -0.0200. The summed E-state index contributed by atoms with van der Waals surface area (Å²) in [5.74, 6) is 0. The molecule has 0 saturated heterocycles. The summed E-state index contributed by atoms with van der Waals surface area (Å²) >= 11 is 0. The Bertz CT molecular complexity index is 529. The van der Waals surface area contributed by atoms with Gasteiger partial charge in [-0.15, -0.1) is 0 Å². The molecule has 1 unspecified atom stereocenters. The molecule has 0 aliphatic rings. The average Bonchev–Trinajstić information content (AvgIpc) is 2.48. The normalized spacial score (nSPS) is 13.2. The Morgan fingerprint density at radius 2 is 1.50 bits per heavy atom. The lowest BCUT2D eigenvalue weighted by Crippen LogP contribution is -2.25. The molecule has 0 aliphatic heterocycles. The van der Waals surface area contributed by atoms with Crippen molar-refractivity contribution in [3.63, 3.8) is 0 Å². The molecule has 1 atom stereocenters. The first kappa shape index (κ1) is 14.8. The highest BCUT2D eigenvalue weighted by Crippen LogP contribution is 2.27. The second-order valence-corrected chi connectivity index (χ2v) is 5.67. The van der Waals surface area contributed by atoms with Gasteiger partial charge in [0.25, 0.3) is 0 Å². The van der Waals surface area contributed by atoms with Crippen LogP contribution in [0, 0.1) is 0 Å².